The molecule has 1 aliphatic rings. The van der Waals surface area contributed by atoms with E-state index in [1.54, 1.807) is 7.11 Å². The molecule has 0 spiro atoms. The van der Waals surface area contributed by atoms with E-state index in [2.05, 4.69) is 69.0 Å². The summed E-state index contributed by atoms with van der Waals surface area (Å²) in [4.78, 5) is 7.19. The molecule has 0 unspecified atom stereocenters. The molecule has 5 heteroatoms. The summed E-state index contributed by atoms with van der Waals surface area (Å²) >= 11 is 0. The van der Waals surface area contributed by atoms with Crippen molar-refractivity contribution in [1.82, 2.24) is 14.3 Å². The number of fused-ring (bicyclic) bond motifs is 1. The molecule has 1 saturated heterocycles. The minimum absolute atomic E-state index is 0.407. The van der Waals surface area contributed by atoms with Gasteiger partial charge in [-0.05, 0) is 35.7 Å². The number of rotatable bonds is 6. The van der Waals surface area contributed by atoms with E-state index in [1.807, 2.05) is 24.5 Å². The van der Waals surface area contributed by atoms with Crippen LogP contribution in [0.25, 0.3) is 16.6 Å². The van der Waals surface area contributed by atoms with Gasteiger partial charge in [-0.3, -0.25) is 9.88 Å². The lowest BCUT2D eigenvalue weighted by molar-refractivity contribution is 0.121. The van der Waals surface area contributed by atoms with Gasteiger partial charge in [0.15, 0.2) is 0 Å². The average molecular weight is 428 g/mol. The van der Waals surface area contributed by atoms with Crippen LogP contribution >= 0.6 is 0 Å². The van der Waals surface area contributed by atoms with Gasteiger partial charge in [0.1, 0.15) is 5.75 Å². The van der Waals surface area contributed by atoms with Crippen molar-refractivity contribution in [1.29, 1.82) is 0 Å². The van der Waals surface area contributed by atoms with Gasteiger partial charge in [-0.25, -0.2) is 0 Å². The fraction of sp³-hybridized carbons (Fsp3) is 0.296. The van der Waals surface area contributed by atoms with E-state index in [0.29, 0.717) is 5.92 Å². The van der Waals surface area contributed by atoms with Crippen LogP contribution in [-0.2, 0) is 17.7 Å². The first-order valence-corrected chi connectivity index (χ1v) is 11.2. The quantitative estimate of drug-likeness (QED) is 0.447. The molecule has 1 aliphatic heterocycles. The van der Waals surface area contributed by atoms with E-state index in [9.17, 15) is 0 Å². The highest BCUT2D eigenvalue weighted by Crippen LogP contribution is 2.33. The van der Waals surface area contributed by atoms with E-state index in [4.69, 9.17) is 9.47 Å². The zero-order valence-corrected chi connectivity index (χ0v) is 18.5. The lowest BCUT2D eigenvalue weighted by atomic mass is 9.97. The molecule has 0 bridgehead atoms. The van der Waals surface area contributed by atoms with E-state index in [1.165, 1.54) is 16.6 Å². The molecule has 1 fully saturated rings. The Morgan fingerprint density at radius 2 is 1.84 bits per heavy atom. The maximum absolute atomic E-state index is 6.00. The predicted molar refractivity (Wildman–Crippen MR) is 127 cm³/mol. The van der Waals surface area contributed by atoms with Crippen molar-refractivity contribution in [3.05, 3.63) is 90.5 Å². The van der Waals surface area contributed by atoms with E-state index >= 15 is 0 Å². The second-order valence-corrected chi connectivity index (χ2v) is 8.41. The predicted octanol–water partition coefficient (Wildman–Crippen LogP) is 4.70. The topological polar surface area (TPSA) is 39.0 Å². The van der Waals surface area contributed by atoms with E-state index in [-0.39, 0.29) is 0 Å². The van der Waals surface area contributed by atoms with E-state index in [0.717, 1.165) is 56.3 Å². The molecular formula is C27H29N3O2. The Labute approximate surface area is 189 Å². The summed E-state index contributed by atoms with van der Waals surface area (Å²) in [6.45, 7) is 4.34. The molecule has 2 aromatic heterocycles. The standard InChI is InChI=1S/C27H29N3O2/c1-31-27-11-5-4-9-24(27)23-8-3-2-7-22(23)19-29-15-16-32-20-21(18-29)17-25-26-10-6-13-30(26)14-12-28-25/h2-14,21H,15-20H2,1H3/t21-/m1/s1. The van der Waals surface area contributed by atoms with Crippen molar-refractivity contribution in [2.45, 2.75) is 13.0 Å². The zero-order chi connectivity index (χ0) is 21.8. The molecule has 5 nitrogen and oxygen atoms in total. The molecule has 4 aromatic rings. The van der Waals surface area contributed by atoms with Gasteiger partial charge in [0.05, 0.1) is 31.5 Å². The number of hydrogen-bond donors (Lipinski definition) is 0. The second-order valence-electron chi connectivity index (χ2n) is 8.41. The smallest absolute Gasteiger partial charge is 0.126 e. The van der Waals surface area contributed by atoms with Crippen LogP contribution in [0.3, 0.4) is 0 Å². The van der Waals surface area contributed by atoms with Crippen LogP contribution in [0.15, 0.2) is 79.3 Å². The molecule has 2 aromatic carbocycles. The number of para-hydroxylation sites is 1. The fourth-order valence-corrected chi connectivity index (χ4v) is 4.71. The fourth-order valence-electron chi connectivity index (χ4n) is 4.71. The molecule has 0 amide bonds. The van der Waals surface area contributed by atoms with Crippen molar-refractivity contribution >= 4 is 5.52 Å². The first kappa shape index (κ1) is 20.7. The van der Waals surface area contributed by atoms with Gasteiger partial charge >= 0.3 is 0 Å². The van der Waals surface area contributed by atoms with Crippen LogP contribution in [0.4, 0.5) is 0 Å². The summed E-state index contributed by atoms with van der Waals surface area (Å²) in [6.07, 6.45) is 6.88. The van der Waals surface area contributed by atoms with Crippen LogP contribution in [0.2, 0.25) is 0 Å². The molecule has 0 radical (unpaired) electrons. The van der Waals surface area contributed by atoms with Gasteiger partial charge in [0.2, 0.25) is 0 Å². The molecule has 164 valence electrons. The lowest BCUT2D eigenvalue weighted by Gasteiger charge is -2.25. The Hall–Kier alpha value is -3.15. The molecule has 1 atom stereocenters. The number of aromatic nitrogens is 2. The van der Waals surface area contributed by atoms with Gasteiger partial charge in [-0.1, -0.05) is 42.5 Å². The van der Waals surface area contributed by atoms with E-state index < -0.39 is 0 Å². The van der Waals surface area contributed by atoms with Gasteiger partial charge in [0.25, 0.3) is 0 Å². The normalized spacial score (nSPS) is 17.3. The largest absolute Gasteiger partial charge is 0.496 e. The monoisotopic (exact) mass is 427 g/mol. The van der Waals surface area contributed by atoms with Gasteiger partial charge in [0, 0.05) is 49.7 Å². The summed E-state index contributed by atoms with van der Waals surface area (Å²) in [7, 11) is 1.73. The maximum atomic E-state index is 6.00. The third-order valence-electron chi connectivity index (χ3n) is 6.24. The van der Waals surface area contributed by atoms with Crippen LogP contribution in [0.1, 0.15) is 11.3 Å². The highest BCUT2D eigenvalue weighted by atomic mass is 16.5. The molecule has 0 N–H and O–H groups in total. The van der Waals surface area contributed by atoms with Gasteiger partial charge in [-0.15, -0.1) is 0 Å². The number of hydrogen-bond acceptors (Lipinski definition) is 4. The van der Waals surface area contributed by atoms with Crippen molar-refractivity contribution in [3.8, 4) is 16.9 Å². The summed E-state index contributed by atoms with van der Waals surface area (Å²) in [5.41, 5.74) is 6.00. The van der Waals surface area contributed by atoms with Crippen LogP contribution in [0.5, 0.6) is 5.75 Å². The maximum Gasteiger partial charge on any atom is 0.126 e. The number of methoxy groups -OCH3 is 1. The second kappa shape index (κ2) is 9.55. The van der Waals surface area contributed by atoms with Crippen molar-refractivity contribution in [2.24, 2.45) is 5.92 Å². The van der Waals surface area contributed by atoms with Crippen LogP contribution in [-0.4, -0.2) is 47.7 Å². The summed E-state index contributed by atoms with van der Waals surface area (Å²) < 4.78 is 13.8. The average Bonchev–Trinajstić information content (AvgIpc) is 3.21. The minimum atomic E-state index is 0.407. The summed E-state index contributed by atoms with van der Waals surface area (Å²) in [5.74, 6) is 1.31. The van der Waals surface area contributed by atoms with Crippen LogP contribution in [0, 0.1) is 5.92 Å². The van der Waals surface area contributed by atoms with Crippen LogP contribution < -0.4 is 4.74 Å². The van der Waals surface area contributed by atoms with Crippen molar-refractivity contribution in [2.75, 3.05) is 33.4 Å². The third kappa shape index (κ3) is 4.40. The Morgan fingerprint density at radius 3 is 2.75 bits per heavy atom. The lowest BCUT2D eigenvalue weighted by Crippen LogP contribution is -2.31. The molecule has 0 aliphatic carbocycles. The molecule has 3 heterocycles. The molecule has 0 saturated carbocycles. The highest BCUT2D eigenvalue weighted by molar-refractivity contribution is 5.73. The van der Waals surface area contributed by atoms with Crippen molar-refractivity contribution < 1.29 is 9.47 Å². The zero-order valence-electron chi connectivity index (χ0n) is 18.5. The number of ether oxygens (including phenoxy) is 2. The van der Waals surface area contributed by atoms with Gasteiger partial charge < -0.3 is 13.9 Å². The van der Waals surface area contributed by atoms with Gasteiger partial charge in [-0.2, -0.15) is 0 Å². The minimum Gasteiger partial charge on any atom is -0.496 e. The Balaban J connectivity index is 1.36. The molecule has 32 heavy (non-hydrogen) atoms. The molecular weight excluding hydrogens is 398 g/mol. The molecule has 5 rings (SSSR count). The Morgan fingerprint density at radius 1 is 1.00 bits per heavy atom. The van der Waals surface area contributed by atoms with Crippen molar-refractivity contribution in [3.63, 3.8) is 0 Å². The third-order valence-corrected chi connectivity index (χ3v) is 6.24. The first-order chi connectivity index (χ1) is 15.8. The summed E-state index contributed by atoms with van der Waals surface area (Å²) in [5, 5.41) is 0. The first-order valence-electron chi connectivity index (χ1n) is 11.2. The summed E-state index contributed by atoms with van der Waals surface area (Å²) in [6, 6.07) is 21.1. The highest BCUT2D eigenvalue weighted by Gasteiger charge is 2.22. The number of benzene rings is 2. The SMILES string of the molecule is COc1ccccc1-c1ccccc1CN1CCOC[C@H](Cc2nccn3cccc23)C1. The number of nitrogens with zero attached hydrogens (tertiary/aromatic N) is 3. The Bertz CT molecular complexity index is 1190. The Kier molecular flexibility index (Phi) is 6.19.